The van der Waals surface area contributed by atoms with Crippen molar-refractivity contribution < 1.29 is 32.3 Å². The normalized spacial score (nSPS) is 18.1. The van der Waals surface area contributed by atoms with Gasteiger partial charge in [0.05, 0.1) is 0 Å². The quantitative estimate of drug-likeness (QED) is 0.651. The maximum absolute atomic E-state index is 12.5. The molecule has 1 aliphatic rings. The Morgan fingerprint density at radius 1 is 0.889 bits per heavy atom. The van der Waals surface area contributed by atoms with Gasteiger partial charge in [0.15, 0.2) is 0 Å². The number of esters is 1. The van der Waals surface area contributed by atoms with E-state index in [2.05, 4.69) is 5.32 Å². The van der Waals surface area contributed by atoms with Crippen molar-refractivity contribution in [3.05, 3.63) is 0 Å². The minimum atomic E-state index is -5.09. The summed E-state index contributed by atoms with van der Waals surface area (Å²) in [4.78, 5) is 36.1. The van der Waals surface area contributed by atoms with Gasteiger partial charge in [0.1, 0.15) is 18.2 Å². The molecule has 0 radical (unpaired) electrons. The average molecular weight is 394 g/mol. The van der Waals surface area contributed by atoms with E-state index < -0.39 is 42.0 Å². The topological polar surface area (TPSA) is 84.5 Å². The number of hydrogen-bond donors (Lipinski definition) is 2. The molecule has 1 aliphatic carbocycles. The Morgan fingerprint density at radius 3 is 1.85 bits per heavy atom. The standard InChI is InChI=1S/C18H29F3N2O4/c1-10(2)13(23-17(26)18(19,20)21)15(24)22-14(11(3)4)16(25)27-12-8-6-5-7-9-12/h10-14H,5-9H2,1-4H3,(H,22,24)(H,23,26)/t13-,14-/m0/s1. The van der Waals surface area contributed by atoms with Gasteiger partial charge in [0, 0.05) is 0 Å². The molecule has 2 atom stereocenters. The lowest BCUT2D eigenvalue weighted by Crippen LogP contribution is -2.57. The molecule has 1 rings (SSSR count). The first-order valence-corrected chi connectivity index (χ1v) is 9.32. The van der Waals surface area contributed by atoms with E-state index in [9.17, 15) is 27.6 Å². The van der Waals surface area contributed by atoms with Gasteiger partial charge >= 0.3 is 18.1 Å². The predicted molar refractivity (Wildman–Crippen MR) is 92.6 cm³/mol. The summed E-state index contributed by atoms with van der Waals surface area (Å²) in [5.74, 6) is -4.56. The van der Waals surface area contributed by atoms with Crippen LogP contribution in [0.3, 0.4) is 0 Å². The van der Waals surface area contributed by atoms with Crippen molar-refractivity contribution in [2.75, 3.05) is 0 Å². The SMILES string of the molecule is CC(C)[C@H](NC(=O)C(F)(F)F)C(=O)N[C@H](C(=O)OC1CCCCC1)C(C)C. The van der Waals surface area contributed by atoms with Crippen molar-refractivity contribution in [1.29, 1.82) is 0 Å². The van der Waals surface area contributed by atoms with Crippen LogP contribution in [0.5, 0.6) is 0 Å². The predicted octanol–water partition coefficient (Wildman–Crippen LogP) is 2.71. The molecule has 0 aromatic rings. The molecule has 0 aliphatic heterocycles. The summed E-state index contributed by atoms with van der Waals surface area (Å²) in [7, 11) is 0. The summed E-state index contributed by atoms with van der Waals surface area (Å²) < 4.78 is 43.0. The molecule has 2 amide bonds. The third-order valence-corrected chi connectivity index (χ3v) is 4.55. The largest absolute Gasteiger partial charge is 0.471 e. The molecular formula is C18H29F3N2O4. The molecule has 6 nitrogen and oxygen atoms in total. The van der Waals surface area contributed by atoms with E-state index in [4.69, 9.17) is 4.74 Å². The van der Waals surface area contributed by atoms with Crippen LogP contribution in [0.25, 0.3) is 0 Å². The average Bonchev–Trinajstić information content (AvgIpc) is 2.56. The number of halogens is 3. The van der Waals surface area contributed by atoms with Crippen LogP contribution in [-0.2, 0) is 19.1 Å². The van der Waals surface area contributed by atoms with Crippen LogP contribution in [0, 0.1) is 11.8 Å². The minimum absolute atomic E-state index is 0.199. The Bertz CT molecular complexity index is 529. The third-order valence-electron chi connectivity index (χ3n) is 4.55. The summed E-state index contributed by atoms with van der Waals surface area (Å²) in [5, 5.41) is 4.14. The van der Waals surface area contributed by atoms with Crippen LogP contribution in [0.1, 0.15) is 59.8 Å². The number of carbonyl (C=O) groups excluding carboxylic acids is 3. The highest BCUT2D eigenvalue weighted by molar-refractivity contribution is 5.92. The van der Waals surface area contributed by atoms with Gasteiger partial charge in [-0.2, -0.15) is 13.2 Å². The third kappa shape index (κ3) is 7.38. The summed E-state index contributed by atoms with van der Waals surface area (Å²) in [5.41, 5.74) is 0. The van der Waals surface area contributed by atoms with E-state index in [-0.39, 0.29) is 12.0 Å². The van der Waals surface area contributed by atoms with Crippen molar-refractivity contribution in [1.82, 2.24) is 10.6 Å². The van der Waals surface area contributed by atoms with Crippen LogP contribution < -0.4 is 10.6 Å². The maximum Gasteiger partial charge on any atom is 0.471 e. The van der Waals surface area contributed by atoms with Gasteiger partial charge in [-0.3, -0.25) is 9.59 Å². The van der Waals surface area contributed by atoms with E-state index in [1.165, 1.54) is 13.8 Å². The number of ether oxygens (including phenoxy) is 1. The first-order valence-electron chi connectivity index (χ1n) is 9.32. The Balaban J connectivity index is 2.78. The summed E-state index contributed by atoms with van der Waals surface area (Å²) in [6, 6.07) is -2.41. The van der Waals surface area contributed by atoms with Gasteiger partial charge in [-0.05, 0) is 37.5 Å². The van der Waals surface area contributed by atoms with Crippen molar-refractivity contribution in [2.24, 2.45) is 11.8 Å². The number of alkyl halides is 3. The lowest BCUT2D eigenvalue weighted by Gasteiger charge is -2.29. The molecule has 1 fully saturated rings. The van der Waals surface area contributed by atoms with Gasteiger partial charge < -0.3 is 15.4 Å². The molecule has 27 heavy (non-hydrogen) atoms. The maximum atomic E-state index is 12.5. The molecule has 2 N–H and O–H groups in total. The molecule has 0 bridgehead atoms. The fraction of sp³-hybridized carbons (Fsp3) is 0.833. The molecule has 1 saturated carbocycles. The second kappa shape index (κ2) is 9.94. The number of rotatable bonds is 7. The first kappa shape index (κ1) is 23.2. The molecule has 0 spiro atoms. The number of nitrogens with one attached hydrogen (secondary N) is 2. The fourth-order valence-corrected chi connectivity index (χ4v) is 2.92. The minimum Gasteiger partial charge on any atom is -0.461 e. The van der Waals surface area contributed by atoms with Crippen LogP contribution in [0.15, 0.2) is 0 Å². The Kier molecular flexibility index (Phi) is 8.56. The summed E-state index contributed by atoms with van der Waals surface area (Å²) >= 11 is 0. The van der Waals surface area contributed by atoms with E-state index >= 15 is 0 Å². The molecule has 0 heterocycles. The van der Waals surface area contributed by atoms with Crippen molar-refractivity contribution >= 4 is 17.8 Å². The lowest BCUT2D eigenvalue weighted by molar-refractivity contribution is -0.175. The highest BCUT2D eigenvalue weighted by Crippen LogP contribution is 2.21. The van der Waals surface area contributed by atoms with Gasteiger partial charge in [0.2, 0.25) is 5.91 Å². The Labute approximate surface area is 157 Å². The van der Waals surface area contributed by atoms with Crippen LogP contribution in [0.4, 0.5) is 13.2 Å². The zero-order chi connectivity index (χ0) is 20.8. The van der Waals surface area contributed by atoms with E-state index in [1.54, 1.807) is 19.2 Å². The second-order valence-corrected chi connectivity index (χ2v) is 7.62. The number of carbonyl (C=O) groups is 3. The van der Waals surface area contributed by atoms with Gasteiger partial charge in [-0.15, -0.1) is 0 Å². The van der Waals surface area contributed by atoms with E-state index in [0.717, 1.165) is 32.1 Å². The number of hydrogen-bond acceptors (Lipinski definition) is 4. The molecule has 0 saturated heterocycles. The van der Waals surface area contributed by atoms with Gasteiger partial charge in [0.25, 0.3) is 0 Å². The highest BCUT2D eigenvalue weighted by Gasteiger charge is 2.42. The van der Waals surface area contributed by atoms with Crippen LogP contribution in [-0.4, -0.2) is 42.1 Å². The van der Waals surface area contributed by atoms with E-state index in [1.807, 2.05) is 0 Å². The molecule has 0 unspecified atom stereocenters. The first-order chi connectivity index (χ1) is 12.4. The molecule has 0 aromatic heterocycles. The highest BCUT2D eigenvalue weighted by atomic mass is 19.4. The Hall–Kier alpha value is -1.80. The number of amides is 2. The molecule has 9 heteroatoms. The Morgan fingerprint density at radius 2 is 1.41 bits per heavy atom. The van der Waals surface area contributed by atoms with Gasteiger partial charge in [-0.1, -0.05) is 34.1 Å². The van der Waals surface area contributed by atoms with E-state index in [0.29, 0.717) is 0 Å². The smallest absolute Gasteiger partial charge is 0.461 e. The van der Waals surface area contributed by atoms with Crippen molar-refractivity contribution in [3.63, 3.8) is 0 Å². The summed E-state index contributed by atoms with van der Waals surface area (Å²) in [6.45, 7) is 6.41. The lowest BCUT2D eigenvalue weighted by atomic mass is 9.97. The zero-order valence-electron chi connectivity index (χ0n) is 16.2. The molecular weight excluding hydrogens is 365 g/mol. The van der Waals surface area contributed by atoms with Crippen LogP contribution >= 0.6 is 0 Å². The van der Waals surface area contributed by atoms with Crippen molar-refractivity contribution in [2.45, 2.75) is 84.2 Å². The molecule has 156 valence electrons. The molecule has 0 aromatic carbocycles. The second-order valence-electron chi connectivity index (χ2n) is 7.62. The summed E-state index contributed by atoms with van der Waals surface area (Å²) in [6.07, 6.45) is -0.736. The van der Waals surface area contributed by atoms with Gasteiger partial charge in [-0.25, -0.2) is 4.79 Å². The fourth-order valence-electron chi connectivity index (χ4n) is 2.92. The zero-order valence-corrected chi connectivity index (χ0v) is 16.2. The van der Waals surface area contributed by atoms with Crippen molar-refractivity contribution in [3.8, 4) is 0 Å². The van der Waals surface area contributed by atoms with Crippen LogP contribution in [0.2, 0.25) is 0 Å². The monoisotopic (exact) mass is 394 g/mol.